The van der Waals surface area contributed by atoms with Crippen LogP contribution in [0.15, 0.2) is 11.8 Å². The highest BCUT2D eigenvalue weighted by molar-refractivity contribution is 5.81. The van der Waals surface area contributed by atoms with Crippen molar-refractivity contribution in [2.75, 3.05) is 6.54 Å². The molecule has 96 valence electrons. The van der Waals surface area contributed by atoms with E-state index in [1.165, 1.54) is 4.90 Å². The Balaban J connectivity index is 2.82. The molecule has 1 rings (SSSR count). The number of hydrogen-bond donors (Lipinski definition) is 1. The molecule has 1 atom stereocenters. The minimum Gasteiger partial charge on any atom is -0.481 e. The molecule has 1 aliphatic rings. The smallest absolute Gasteiger partial charge is 0.414 e. The summed E-state index contributed by atoms with van der Waals surface area (Å²) < 4.78 is 5.22. The molecule has 1 aliphatic heterocycles. The molecular formula is C12H19NO4. The maximum absolute atomic E-state index is 11.9. The highest BCUT2D eigenvalue weighted by Gasteiger charge is 2.42. The topological polar surface area (TPSA) is 66.8 Å². The monoisotopic (exact) mass is 241 g/mol. The van der Waals surface area contributed by atoms with Crippen LogP contribution in [0.5, 0.6) is 0 Å². The second-order valence-electron chi connectivity index (χ2n) is 5.57. The summed E-state index contributed by atoms with van der Waals surface area (Å²) in [4.78, 5) is 24.3. The Morgan fingerprint density at radius 2 is 2.00 bits per heavy atom. The van der Waals surface area contributed by atoms with Gasteiger partial charge in [0.15, 0.2) is 0 Å². The average molecular weight is 241 g/mol. The van der Waals surface area contributed by atoms with Crippen LogP contribution in [-0.2, 0) is 9.53 Å². The first-order chi connectivity index (χ1) is 7.55. The minimum absolute atomic E-state index is 0.114. The molecule has 0 aromatic rings. The predicted octanol–water partition coefficient (Wildman–Crippen LogP) is 2.23. The van der Waals surface area contributed by atoms with Crippen molar-refractivity contribution >= 4 is 12.1 Å². The fourth-order valence-electron chi connectivity index (χ4n) is 1.69. The molecule has 0 spiro atoms. The first-order valence-corrected chi connectivity index (χ1v) is 5.48. The number of carboxylic acids is 1. The van der Waals surface area contributed by atoms with E-state index in [9.17, 15) is 9.59 Å². The zero-order chi connectivity index (χ0) is 13.4. The molecule has 5 nitrogen and oxygen atoms in total. The van der Waals surface area contributed by atoms with E-state index in [0.717, 1.165) is 0 Å². The van der Waals surface area contributed by atoms with E-state index in [-0.39, 0.29) is 6.54 Å². The summed E-state index contributed by atoms with van der Waals surface area (Å²) >= 11 is 0. The van der Waals surface area contributed by atoms with Crippen molar-refractivity contribution in [1.29, 1.82) is 0 Å². The van der Waals surface area contributed by atoms with Gasteiger partial charge in [0.05, 0.1) is 0 Å². The number of ether oxygens (including phenoxy) is 1. The van der Waals surface area contributed by atoms with Gasteiger partial charge in [-0.15, -0.1) is 0 Å². The summed E-state index contributed by atoms with van der Waals surface area (Å²) in [6.07, 6.45) is 1.08. The van der Waals surface area contributed by atoms with Crippen molar-refractivity contribution < 1.29 is 19.4 Å². The molecule has 0 aromatic heterocycles. The van der Waals surface area contributed by atoms with Gasteiger partial charge in [0.1, 0.15) is 11.0 Å². The Bertz CT molecular complexity index is 380. The van der Waals surface area contributed by atoms with E-state index in [4.69, 9.17) is 9.84 Å². The third-order valence-corrected chi connectivity index (χ3v) is 2.54. The van der Waals surface area contributed by atoms with Crippen molar-refractivity contribution in [3.63, 3.8) is 0 Å². The van der Waals surface area contributed by atoms with E-state index >= 15 is 0 Å². The standard InChI is InChI=1S/C12H19NO4/c1-8-6-12(5,9(14)15)7-13(8)10(16)17-11(2,3)4/h6H,7H2,1-5H3,(H,14,15). The first-order valence-electron chi connectivity index (χ1n) is 5.48. The van der Waals surface area contributed by atoms with Gasteiger partial charge in [-0.3, -0.25) is 9.69 Å². The van der Waals surface area contributed by atoms with E-state index in [0.29, 0.717) is 5.70 Å². The summed E-state index contributed by atoms with van der Waals surface area (Å²) in [5, 5.41) is 9.10. The number of rotatable bonds is 1. The number of aliphatic carboxylic acids is 1. The Morgan fingerprint density at radius 3 is 2.35 bits per heavy atom. The van der Waals surface area contributed by atoms with Gasteiger partial charge in [-0.05, 0) is 40.7 Å². The second-order valence-corrected chi connectivity index (χ2v) is 5.57. The van der Waals surface area contributed by atoms with Crippen molar-refractivity contribution in [3.8, 4) is 0 Å². The normalized spacial score (nSPS) is 24.5. The highest BCUT2D eigenvalue weighted by atomic mass is 16.6. The SMILES string of the molecule is CC1=CC(C)(C(=O)O)CN1C(=O)OC(C)(C)C. The number of carboxylic acid groups (broad SMARTS) is 1. The maximum atomic E-state index is 11.9. The lowest BCUT2D eigenvalue weighted by Crippen LogP contribution is -2.39. The predicted molar refractivity (Wildman–Crippen MR) is 62.4 cm³/mol. The fourth-order valence-corrected chi connectivity index (χ4v) is 1.69. The van der Waals surface area contributed by atoms with Crippen LogP contribution in [0.1, 0.15) is 34.6 Å². The van der Waals surface area contributed by atoms with Gasteiger partial charge in [-0.2, -0.15) is 0 Å². The number of amides is 1. The summed E-state index contributed by atoms with van der Waals surface area (Å²) in [6.45, 7) is 8.73. The lowest BCUT2D eigenvalue weighted by atomic mass is 9.92. The third kappa shape index (κ3) is 2.99. The van der Waals surface area contributed by atoms with Crippen molar-refractivity contribution in [2.24, 2.45) is 5.41 Å². The number of allylic oxidation sites excluding steroid dienone is 1. The summed E-state index contributed by atoms with van der Waals surface area (Å²) in [5.41, 5.74) is -0.996. The molecule has 17 heavy (non-hydrogen) atoms. The van der Waals surface area contributed by atoms with Gasteiger partial charge >= 0.3 is 12.1 Å². The molecule has 1 unspecified atom stereocenters. The van der Waals surface area contributed by atoms with Gasteiger partial charge in [-0.25, -0.2) is 4.79 Å². The van der Waals surface area contributed by atoms with Crippen LogP contribution in [0, 0.1) is 5.41 Å². The molecule has 0 fully saturated rings. The summed E-state index contributed by atoms with van der Waals surface area (Å²) in [5.74, 6) is -0.942. The lowest BCUT2D eigenvalue weighted by molar-refractivity contribution is -0.145. The van der Waals surface area contributed by atoms with Crippen LogP contribution in [0.3, 0.4) is 0 Å². The van der Waals surface area contributed by atoms with Crippen LogP contribution in [-0.4, -0.2) is 34.2 Å². The quantitative estimate of drug-likeness (QED) is 0.764. The van der Waals surface area contributed by atoms with Crippen LogP contribution >= 0.6 is 0 Å². The number of nitrogens with zero attached hydrogens (tertiary/aromatic N) is 1. The molecule has 0 saturated heterocycles. The summed E-state index contributed by atoms with van der Waals surface area (Å²) in [7, 11) is 0. The molecule has 0 saturated carbocycles. The molecule has 0 bridgehead atoms. The Hall–Kier alpha value is -1.52. The van der Waals surface area contributed by atoms with Crippen LogP contribution in [0.2, 0.25) is 0 Å². The van der Waals surface area contributed by atoms with E-state index in [1.807, 2.05) is 0 Å². The lowest BCUT2D eigenvalue weighted by Gasteiger charge is -2.26. The fraction of sp³-hybridized carbons (Fsp3) is 0.667. The number of carbonyl (C=O) groups is 2. The van der Waals surface area contributed by atoms with Crippen molar-refractivity contribution in [1.82, 2.24) is 4.90 Å². The Labute approximate surface area is 101 Å². The van der Waals surface area contributed by atoms with Crippen molar-refractivity contribution in [3.05, 3.63) is 11.8 Å². The molecule has 1 N–H and O–H groups in total. The largest absolute Gasteiger partial charge is 0.481 e. The number of carbonyl (C=O) groups excluding carboxylic acids is 1. The first kappa shape index (κ1) is 13.5. The molecule has 0 aromatic carbocycles. The minimum atomic E-state index is -1.03. The van der Waals surface area contributed by atoms with Crippen LogP contribution in [0.4, 0.5) is 4.79 Å². The molecule has 0 radical (unpaired) electrons. The summed E-state index contributed by atoms with van der Waals surface area (Å²) in [6, 6.07) is 0. The molecule has 1 amide bonds. The third-order valence-electron chi connectivity index (χ3n) is 2.54. The molecule has 5 heteroatoms. The van der Waals surface area contributed by atoms with E-state index < -0.39 is 23.1 Å². The average Bonchev–Trinajstić information content (AvgIpc) is 2.40. The second kappa shape index (κ2) is 4.05. The molecular weight excluding hydrogens is 222 g/mol. The van der Waals surface area contributed by atoms with Gasteiger partial charge in [0, 0.05) is 12.2 Å². The van der Waals surface area contributed by atoms with Crippen LogP contribution in [0.25, 0.3) is 0 Å². The zero-order valence-electron chi connectivity index (χ0n) is 10.9. The van der Waals surface area contributed by atoms with Gasteiger partial charge < -0.3 is 9.84 Å². The maximum Gasteiger partial charge on any atom is 0.414 e. The molecule has 1 heterocycles. The van der Waals surface area contributed by atoms with Crippen molar-refractivity contribution in [2.45, 2.75) is 40.2 Å². The zero-order valence-corrected chi connectivity index (χ0v) is 10.9. The van der Waals surface area contributed by atoms with Gasteiger partial charge in [0.25, 0.3) is 0 Å². The number of hydrogen-bond acceptors (Lipinski definition) is 3. The van der Waals surface area contributed by atoms with E-state index in [2.05, 4.69) is 0 Å². The van der Waals surface area contributed by atoms with Gasteiger partial charge in [0.2, 0.25) is 0 Å². The highest BCUT2D eigenvalue weighted by Crippen LogP contribution is 2.32. The Morgan fingerprint density at radius 1 is 1.47 bits per heavy atom. The molecule has 0 aliphatic carbocycles. The van der Waals surface area contributed by atoms with E-state index in [1.54, 1.807) is 40.7 Å². The van der Waals surface area contributed by atoms with Crippen LogP contribution < -0.4 is 0 Å². The van der Waals surface area contributed by atoms with Gasteiger partial charge in [-0.1, -0.05) is 0 Å². The Kier molecular flexibility index (Phi) is 3.23.